The maximum Gasteiger partial charge on any atom is 0.291 e. The van der Waals surface area contributed by atoms with Crippen molar-refractivity contribution in [2.75, 3.05) is 38.5 Å². The highest BCUT2D eigenvalue weighted by atomic mass is 35.5. The molecule has 1 saturated heterocycles. The van der Waals surface area contributed by atoms with Crippen LogP contribution < -0.4 is 5.32 Å². The third kappa shape index (κ3) is 4.54. The number of nitrogens with one attached hydrogen (secondary N) is 1. The van der Waals surface area contributed by atoms with Gasteiger partial charge in [0.2, 0.25) is 0 Å². The van der Waals surface area contributed by atoms with Crippen LogP contribution >= 0.6 is 34.5 Å². The van der Waals surface area contributed by atoms with Gasteiger partial charge in [0.25, 0.3) is 5.91 Å². The number of carbonyl (C=O) groups is 1. The minimum atomic E-state index is -0.262. The van der Waals surface area contributed by atoms with E-state index >= 15 is 0 Å². The Morgan fingerprint density at radius 3 is 2.55 bits per heavy atom. The first-order valence-corrected chi connectivity index (χ1v) is 11.7. The van der Waals surface area contributed by atoms with Crippen LogP contribution in [0.2, 0.25) is 10.0 Å². The van der Waals surface area contributed by atoms with Gasteiger partial charge in [0.15, 0.2) is 5.76 Å². The van der Waals surface area contributed by atoms with Gasteiger partial charge in [-0.2, -0.15) is 0 Å². The molecule has 2 aromatic heterocycles. The van der Waals surface area contributed by atoms with E-state index in [9.17, 15) is 4.79 Å². The first kappa shape index (κ1) is 22.4. The SMILES string of the molecule is Cc1sc(NC(=O)c2ccco2)c([C@H](c2cccc(Cl)c2Cl)N2CCN(C)CC2)c1C. The van der Waals surface area contributed by atoms with E-state index in [2.05, 4.69) is 36.0 Å². The summed E-state index contributed by atoms with van der Waals surface area (Å²) in [5.41, 5.74) is 3.17. The number of rotatable bonds is 5. The highest BCUT2D eigenvalue weighted by Crippen LogP contribution is 2.45. The zero-order valence-corrected chi connectivity index (χ0v) is 20.1. The van der Waals surface area contributed by atoms with Crippen molar-refractivity contribution in [3.8, 4) is 0 Å². The second-order valence-corrected chi connectivity index (χ2v) is 9.85. The number of hydrogen-bond donors (Lipinski definition) is 1. The summed E-state index contributed by atoms with van der Waals surface area (Å²) in [7, 11) is 2.13. The van der Waals surface area contributed by atoms with Gasteiger partial charge in [-0.3, -0.25) is 9.69 Å². The zero-order valence-electron chi connectivity index (χ0n) is 17.7. The summed E-state index contributed by atoms with van der Waals surface area (Å²) in [5, 5.41) is 4.98. The third-order valence-corrected chi connectivity index (χ3v) is 7.83. The number of benzene rings is 1. The number of aryl methyl sites for hydroxylation is 1. The molecule has 4 rings (SSSR count). The average molecular weight is 478 g/mol. The van der Waals surface area contributed by atoms with E-state index in [4.69, 9.17) is 27.6 Å². The third-order valence-electron chi connectivity index (χ3n) is 5.86. The number of hydrogen-bond acceptors (Lipinski definition) is 5. The Kier molecular flexibility index (Phi) is 6.74. The van der Waals surface area contributed by atoms with E-state index in [1.54, 1.807) is 29.5 Å². The van der Waals surface area contributed by atoms with Gasteiger partial charge in [-0.05, 0) is 50.2 Å². The summed E-state index contributed by atoms with van der Waals surface area (Å²) in [5.74, 6) is 0.0217. The van der Waals surface area contributed by atoms with Crippen molar-refractivity contribution in [3.63, 3.8) is 0 Å². The van der Waals surface area contributed by atoms with E-state index in [0.717, 1.165) is 52.7 Å². The van der Waals surface area contributed by atoms with Crippen LogP contribution in [0.3, 0.4) is 0 Å². The van der Waals surface area contributed by atoms with Crippen molar-refractivity contribution in [3.05, 3.63) is 74.0 Å². The molecule has 0 saturated carbocycles. The van der Waals surface area contributed by atoms with E-state index < -0.39 is 0 Å². The Bertz CT molecular complexity index is 1070. The van der Waals surface area contributed by atoms with Crippen LogP contribution in [0, 0.1) is 13.8 Å². The maximum atomic E-state index is 12.8. The molecule has 0 aliphatic carbocycles. The molecule has 3 aromatic rings. The lowest BCUT2D eigenvalue weighted by molar-refractivity contribution is 0.0996. The van der Waals surface area contributed by atoms with Crippen LogP contribution in [0.15, 0.2) is 41.0 Å². The summed E-state index contributed by atoms with van der Waals surface area (Å²) < 4.78 is 5.29. The van der Waals surface area contributed by atoms with Crippen LogP contribution in [0.5, 0.6) is 0 Å². The molecule has 1 N–H and O–H groups in total. The number of carbonyl (C=O) groups excluding carboxylic acids is 1. The van der Waals surface area contributed by atoms with Gasteiger partial charge in [-0.1, -0.05) is 35.3 Å². The second kappa shape index (κ2) is 9.35. The molecule has 0 unspecified atom stereocenters. The molecule has 164 valence electrons. The van der Waals surface area contributed by atoms with Crippen LogP contribution in [-0.4, -0.2) is 48.9 Å². The molecule has 0 radical (unpaired) electrons. The standard InChI is InChI=1S/C23H25Cl2N3O2S/c1-14-15(2)31-23(26-22(29)18-8-5-13-30-18)19(14)21(28-11-9-27(3)10-12-28)16-6-4-7-17(24)20(16)25/h4-8,13,21H,9-12H2,1-3H3,(H,26,29)/t21-/m0/s1. The summed E-state index contributed by atoms with van der Waals surface area (Å²) in [6.45, 7) is 7.89. The number of halogens is 2. The highest BCUT2D eigenvalue weighted by molar-refractivity contribution is 7.16. The number of furan rings is 1. The molecule has 8 heteroatoms. The van der Waals surface area contributed by atoms with Gasteiger partial charge in [-0.15, -0.1) is 11.3 Å². The number of amides is 1. The lowest BCUT2D eigenvalue weighted by Gasteiger charge is -2.39. The summed E-state index contributed by atoms with van der Waals surface area (Å²) in [6.07, 6.45) is 1.50. The highest BCUT2D eigenvalue weighted by Gasteiger charge is 2.32. The maximum absolute atomic E-state index is 12.8. The molecule has 1 fully saturated rings. The Morgan fingerprint density at radius 2 is 1.87 bits per heavy atom. The van der Waals surface area contributed by atoms with Crippen molar-refractivity contribution in [1.82, 2.24) is 9.80 Å². The van der Waals surface area contributed by atoms with Gasteiger partial charge >= 0.3 is 0 Å². The van der Waals surface area contributed by atoms with E-state index in [1.165, 1.54) is 6.26 Å². The van der Waals surface area contributed by atoms with Crippen molar-refractivity contribution in [2.24, 2.45) is 0 Å². The fourth-order valence-electron chi connectivity index (χ4n) is 3.99. The normalized spacial score (nSPS) is 16.4. The Morgan fingerprint density at radius 1 is 1.13 bits per heavy atom. The average Bonchev–Trinajstić information content (AvgIpc) is 3.37. The molecule has 3 heterocycles. The van der Waals surface area contributed by atoms with Crippen molar-refractivity contribution in [2.45, 2.75) is 19.9 Å². The Balaban J connectivity index is 1.81. The molecule has 0 spiro atoms. The predicted octanol–water partition coefficient (Wildman–Crippen LogP) is 5.85. The molecule has 1 amide bonds. The minimum absolute atomic E-state index is 0.114. The smallest absolute Gasteiger partial charge is 0.291 e. The first-order valence-electron chi connectivity index (χ1n) is 10.2. The molecular weight excluding hydrogens is 453 g/mol. The lowest BCUT2D eigenvalue weighted by Crippen LogP contribution is -2.46. The van der Waals surface area contributed by atoms with Crippen LogP contribution in [0.1, 0.15) is 38.2 Å². The molecule has 1 atom stereocenters. The largest absolute Gasteiger partial charge is 0.459 e. The quantitative estimate of drug-likeness (QED) is 0.500. The summed E-state index contributed by atoms with van der Waals surface area (Å²) >= 11 is 14.7. The molecule has 31 heavy (non-hydrogen) atoms. The molecule has 0 bridgehead atoms. The van der Waals surface area contributed by atoms with Crippen molar-refractivity contribution < 1.29 is 9.21 Å². The van der Waals surface area contributed by atoms with E-state index in [-0.39, 0.29) is 17.7 Å². The van der Waals surface area contributed by atoms with Crippen LogP contribution in [0.4, 0.5) is 5.00 Å². The van der Waals surface area contributed by atoms with Gasteiger partial charge in [-0.25, -0.2) is 0 Å². The predicted molar refractivity (Wildman–Crippen MR) is 128 cm³/mol. The number of likely N-dealkylation sites (N-methyl/N-ethyl adjacent to an activating group) is 1. The van der Waals surface area contributed by atoms with Gasteiger partial charge in [0.05, 0.1) is 22.4 Å². The molecular formula is C23H25Cl2N3O2S. The minimum Gasteiger partial charge on any atom is -0.459 e. The fraction of sp³-hybridized carbons (Fsp3) is 0.348. The number of anilines is 1. The van der Waals surface area contributed by atoms with Crippen molar-refractivity contribution in [1.29, 1.82) is 0 Å². The molecule has 5 nitrogen and oxygen atoms in total. The number of nitrogens with zero attached hydrogens (tertiary/aromatic N) is 2. The van der Waals surface area contributed by atoms with Crippen LogP contribution in [-0.2, 0) is 0 Å². The Labute approximate surface area is 196 Å². The fourth-order valence-corrected chi connectivity index (χ4v) is 5.48. The summed E-state index contributed by atoms with van der Waals surface area (Å²) in [6, 6.07) is 9.02. The zero-order chi connectivity index (χ0) is 22.1. The molecule has 1 aliphatic rings. The summed E-state index contributed by atoms with van der Waals surface area (Å²) in [4.78, 5) is 18.7. The second-order valence-electron chi connectivity index (χ2n) is 7.84. The molecule has 1 aromatic carbocycles. The van der Waals surface area contributed by atoms with Gasteiger partial charge < -0.3 is 14.6 Å². The van der Waals surface area contributed by atoms with E-state index in [0.29, 0.717) is 10.0 Å². The number of piperazine rings is 1. The lowest BCUT2D eigenvalue weighted by atomic mass is 9.94. The van der Waals surface area contributed by atoms with Crippen LogP contribution in [0.25, 0.3) is 0 Å². The van der Waals surface area contributed by atoms with Crippen molar-refractivity contribution >= 4 is 45.4 Å². The van der Waals surface area contributed by atoms with Gasteiger partial charge in [0, 0.05) is 36.6 Å². The van der Waals surface area contributed by atoms with Gasteiger partial charge in [0.1, 0.15) is 5.00 Å². The molecule has 1 aliphatic heterocycles. The first-order chi connectivity index (χ1) is 14.9. The van der Waals surface area contributed by atoms with E-state index in [1.807, 2.05) is 12.1 Å². The monoisotopic (exact) mass is 477 g/mol. The Hall–Kier alpha value is -1.83. The topological polar surface area (TPSA) is 48.7 Å². The number of thiophene rings is 1.